The summed E-state index contributed by atoms with van der Waals surface area (Å²) in [5.41, 5.74) is 3.79. The van der Waals surface area contributed by atoms with E-state index < -0.39 is 5.54 Å². The van der Waals surface area contributed by atoms with E-state index in [0.717, 1.165) is 80.8 Å². The molecule has 2 aromatic carbocycles. The molecule has 1 N–H and O–H groups in total. The molecule has 3 aromatic rings. The number of hydrogen-bond donors (Lipinski definition) is 1. The van der Waals surface area contributed by atoms with E-state index in [2.05, 4.69) is 65.5 Å². The largest absolute Gasteiger partial charge is 0.361 e. The van der Waals surface area contributed by atoms with Gasteiger partial charge >= 0.3 is 0 Å². The van der Waals surface area contributed by atoms with E-state index in [0.29, 0.717) is 18.4 Å². The van der Waals surface area contributed by atoms with Gasteiger partial charge in [-0.25, -0.2) is 0 Å². The Bertz CT molecular complexity index is 1410. The number of aromatic nitrogens is 1. The molecular formula is C31H35N5O2. The Morgan fingerprint density at radius 2 is 1.71 bits per heavy atom. The fourth-order valence-corrected chi connectivity index (χ4v) is 6.44. The molecule has 0 radical (unpaired) electrons. The summed E-state index contributed by atoms with van der Waals surface area (Å²) >= 11 is 0. The summed E-state index contributed by atoms with van der Waals surface area (Å²) in [6.45, 7) is 3.96. The van der Waals surface area contributed by atoms with Gasteiger partial charge < -0.3 is 14.8 Å². The molecule has 4 heterocycles. The molecule has 2 saturated heterocycles. The number of carbonyl (C=O) groups is 2. The predicted octanol–water partition coefficient (Wildman–Crippen LogP) is 4.15. The number of piperidine rings is 1. The van der Waals surface area contributed by atoms with Crippen LogP contribution in [-0.4, -0.2) is 82.6 Å². The lowest BCUT2D eigenvalue weighted by molar-refractivity contribution is -0.133. The molecule has 7 heteroatoms. The van der Waals surface area contributed by atoms with Crippen molar-refractivity contribution >= 4 is 28.6 Å². The van der Waals surface area contributed by atoms with Crippen LogP contribution in [0.25, 0.3) is 22.0 Å². The molecule has 3 fully saturated rings. The first-order chi connectivity index (χ1) is 18.5. The number of rotatable bonds is 5. The first kappa shape index (κ1) is 23.7. The van der Waals surface area contributed by atoms with Gasteiger partial charge in [-0.05, 0) is 79.8 Å². The quantitative estimate of drug-likeness (QED) is 0.562. The summed E-state index contributed by atoms with van der Waals surface area (Å²) in [5, 5.41) is 1.19. The van der Waals surface area contributed by atoms with Crippen molar-refractivity contribution in [2.45, 2.75) is 37.6 Å². The predicted molar refractivity (Wildman–Crippen MR) is 149 cm³/mol. The maximum absolute atomic E-state index is 14.0. The molecule has 1 saturated carbocycles. The van der Waals surface area contributed by atoms with Crippen LogP contribution in [0.2, 0.25) is 0 Å². The molecule has 0 bridgehead atoms. The van der Waals surface area contributed by atoms with E-state index in [1.54, 1.807) is 0 Å². The first-order valence-electron chi connectivity index (χ1n) is 14.1. The second kappa shape index (κ2) is 9.09. The maximum Gasteiger partial charge on any atom is 0.256 e. The molecule has 1 atom stereocenters. The number of H-pyrrole nitrogens is 1. The third-order valence-electron chi connectivity index (χ3n) is 9.03. The number of hydrogen-bond acceptors (Lipinski definition) is 4. The molecule has 7 rings (SSSR count). The van der Waals surface area contributed by atoms with Crippen molar-refractivity contribution in [1.29, 1.82) is 0 Å². The summed E-state index contributed by atoms with van der Waals surface area (Å²) in [7, 11) is 2.11. The molecule has 4 aliphatic rings. The van der Waals surface area contributed by atoms with Crippen LogP contribution >= 0.6 is 0 Å². The van der Waals surface area contributed by atoms with Crippen LogP contribution in [0.5, 0.6) is 0 Å². The van der Waals surface area contributed by atoms with E-state index in [4.69, 9.17) is 4.99 Å². The molecule has 0 unspecified atom stereocenters. The number of amidine groups is 1. The lowest BCUT2D eigenvalue weighted by atomic mass is 9.87. The highest BCUT2D eigenvalue weighted by Gasteiger charge is 2.50. The van der Waals surface area contributed by atoms with E-state index in [9.17, 15) is 9.59 Å². The Balaban J connectivity index is 1.16. The fraction of sp³-hybridized carbons (Fsp3) is 0.452. The number of carbonyl (C=O) groups excluding carboxylic acids is 2. The summed E-state index contributed by atoms with van der Waals surface area (Å²) < 4.78 is 0. The van der Waals surface area contributed by atoms with Crippen molar-refractivity contribution in [2.24, 2.45) is 16.8 Å². The second-order valence-electron chi connectivity index (χ2n) is 11.8. The minimum atomic E-state index is -0.651. The van der Waals surface area contributed by atoms with E-state index >= 15 is 0 Å². The van der Waals surface area contributed by atoms with Gasteiger partial charge in [0.2, 0.25) is 5.91 Å². The lowest BCUT2D eigenvalue weighted by Crippen LogP contribution is -2.50. The molecular weight excluding hydrogens is 474 g/mol. The first-order valence-corrected chi connectivity index (χ1v) is 14.1. The van der Waals surface area contributed by atoms with Crippen LogP contribution in [-0.2, 0) is 9.59 Å². The van der Waals surface area contributed by atoms with Crippen LogP contribution in [0, 0.1) is 11.8 Å². The zero-order valence-corrected chi connectivity index (χ0v) is 22.0. The Hall–Kier alpha value is -3.45. The molecule has 38 heavy (non-hydrogen) atoms. The molecule has 2 amide bonds. The maximum atomic E-state index is 14.0. The number of nitrogens with one attached hydrogen (secondary N) is 1. The number of amides is 2. The molecule has 7 nitrogen and oxygen atoms in total. The fourth-order valence-electron chi connectivity index (χ4n) is 6.44. The number of aromatic amines is 1. The number of likely N-dealkylation sites (tertiary alicyclic amines) is 2. The Morgan fingerprint density at radius 3 is 2.47 bits per heavy atom. The Labute approximate surface area is 223 Å². The highest BCUT2D eigenvalue weighted by atomic mass is 16.2. The topological polar surface area (TPSA) is 72.0 Å². The highest BCUT2D eigenvalue weighted by Crippen LogP contribution is 2.37. The molecule has 196 valence electrons. The minimum Gasteiger partial charge on any atom is -0.361 e. The zero-order chi connectivity index (χ0) is 25.9. The third kappa shape index (κ3) is 4.13. The highest BCUT2D eigenvalue weighted by molar-refractivity contribution is 6.15. The smallest absolute Gasteiger partial charge is 0.256 e. The average molecular weight is 510 g/mol. The molecule has 1 aromatic heterocycles. The molecule has 1 aliphatic carbocycles. The van der Waals surface area contributed by atoms with Crippen molar-refractivity contribution in [3.05, 3.63) is 60.3 Å². The summed E-state index contributed by atoms with van der Waals surface area (Å²) in [6, 6.07) is 17.0. The normalized spacial score (nSPS) is 23.6. The Morgan fingerprint density at radius 1 is 0.974 bits per heavy atom. The van der Waals surface area contributed by atoms with Gasteiger partial charge in [-0.2, -0.15) is 0 Å². The average Bonchev–Trinajstić information content (AvgIpc) is 3.40. The van der Waals surface area contributed by atoms with Crippen LogP contribution in [0.15, 0.2) is 59.7 Å². The minimum absolute atomic E-state index is 0.148. The van der Waals surface area contributed by atoms with Crippen molar-refractivity contribution in [3.8, 4) is 11.1 Å². The number of fused-ring (bicyclic) bond motifs is 1. The van der Waals surface area contributed by atoms with Crippen LogP contribution < -0.4 is 0 Å². The van der Waals surface area contributed by atoms with Gasteiger partial charge in [0.25, 0.3) is 5.91 Å². The number of benzene rings is 2. The monoisotopic (exact) mass is 509 g/mol. The van der Waals surface area contributed by atoms with Gasteiger partial charge in [-0.1, -0.05) is 30.3 Å². The number of nitrogens with zero attached hydrogens (tertiary/aromatic N) is 4. The van der Waals surface area contributed by atoms with E-state index in [-0.39, 0.29) is 11.8 Å². The van der Waals surface area contributed by atoms with E-state index in [1.807, 2.05) is 16.0 Å². The second-order valence-corrected chi connectivity index (χ2v) is 11.8. The van der Waals surface area contributed by atoms with E-state index in [1.165, 1.54) is 10.9 Å². The van der Waals surface area contributed by atoms with Gasteiger partial charge in [0.05, 0.1) is 0 Å². The summed E-state index contributed by atoms with van der Waals surface area (Å²) in [6.07, 6.45) is 6.50. The van der Waals surface area contributed by atoms with Crippen LogP contribution in [0.1, 0.15) is 37.7 Å². The molecule has 1 spiro atoms. The van der Waals surface area contributed by atoms with Crippen molar-refractivity contribution in [1.82, 2.24) is 19.7 Å². The van der Waals surface area contributed by atoms with Crippen LogP contribution in [0.3, 0.4) is 0 Å². The van der Waals surface area contributed by atoms with Gasteiger partial charge in [0.15, 0.2) is 0 Å². The van der Waals surface area contributed by atoms with Gasteiger partial charge in [0.1, 0.15) is 11.4 Å². The van der Waals surface area contributed by atoms with Gasteiger partial charge in [-0.15, -0.1) is 0 Å². The third-order valence-corrected chi connectivity index (χ3v) is 9.03. The lowest BCUT2D eigenvalue weighted by Gasteiger charge is -2.34. The number of aliphatic imine (C=N–C) groups is 1. The van der Waals surface area contributed by atoms with Crippen molar-refractivity contribution < 1.29 is 9.59 Å². The van der Waals surface area contributed by atoms with Crippen molar-refractivity contribution in [3.63, 3.8) is 0 Å². The van der Waals surface area contributed by atoms with Crippen molar-refractivity contribution in [2.75, 3.05) is 39.8 Å². The SMILES string of the molecule is CN1CCC2(CC1)N=C(c1ccc(-c3ccc4[nH]ccc4c3)cc1)N(C[C@@H]1CCN(C(=O)C3CC3)C1)C2=O. The van der Waals surface area contributed by atoms with Crippen LogP contribution in [0.4, 0.5) is 0 Å². The zero-order valence-electron chi connectivity index (χ0n) is 22.0. The summed E-state index contributed by atoms with van der Waals surface area (Å²) in [5.74, 6) is 1.81. The summed E-state index contributed by atoms with van der Waals surface area (Å²) in [4.78, 5) is 41.3. The molecule has 3 aliphatic heterocycles. The van der Waals surface area contributed by atoms with Gasteiger partial charge in [-0.3, -0.25) is 19.5 Å². The standard InChI is InChI=1S/C31H35N5O2/c1-34-16-12-31(13-17-34)30(38)36(20-21-11-15-35(19-21)29(37)24-6-7-24)28(33-31)23-4-2-22(3-5-23)25-8-9-27-26(18-25)10-14-32-27/h2-5,8-10,14,18,21,24,32H,6-7,11-13,15-17,19-20H2,1H3/t21-/m1/s1. The Kier molecular flexibility index (Phi) is 5.65. The van der Waals surface area contributed by atoms with Gasteiger partial charge in [0, 0.05) is 55.9 Å².